The van der Waals surface area contributed by atoms with Gasteiger partial charge in [-0.25, -0.2) is 9.78 Å². The topological polar surface area (TPSA) is 72.0 Å². The number of H-pyrrole nitrogens is 1. The molecule has 0 saturated carbocycles. The number of fused-ring (bicyclic) bond motifs is 1. The molecule has 0 radical (unpaired) electrons. The fourth-order valence-electron chi connectivity index (χ4n) is 1.35. The van der Waals surface area contributed by atoms with E-state index in [2.05, 4.69) is 9.97 Å². The van der Waals surface area contributed by atoms with Crippen LogP contribution in [0.3, 0.4) is 0 Å². The minimum absolute atomic E-state index is 0.0406. The Morgan fingerprint density at radius 2 is 2.38 bits per heavy atom. The van der Waals surface area contributed by atoms with Gasteiger partial charge >= 0.3 is 5.97 Å². The quantitative estimate of drug-likeness (QED) is 0.804. The first-order chi connectivity index (χ1) is 7.61. The maximum absolute atomic E-state index is 11.6. The molecule has 0 aliphatic carbocycles. The number of carbonyl (C=O) groups excluding carboxylic acids is 1. The monoisotopic (exact) mass is 238 g/mol. The number of aryl methyl sites for hydroxylation is 1. The van der Waals surface area contributed by atoms with E-state index in [1.807, 2.05) is 6.92 Å². The summed E-state index contributed by atoms with van der Waals surface area (Å²) < 4.78 is 4.77. The van der Waals surface area contributed by atoms with Crippen molar-refractivity contribution < 1.29 is 9.53 Å². The van der Waals surface area contributed by atoms with Crippen molar-refractivity contribution >= 4 is 27.5 Å². The summed E-state index contributed by atoms with van der Waals surface area (Å²) in [4.78, 5) is 31.0. The molecule has 5 nitrogen and oxygen atoms in total. The van der Waals surface area contributed by atoms with Crippen LogP contribution in [0.15, 0.2) is 10.9 Å². The van der Waals surface area contributed by atoms with Gasteiger partial charge in [0.05, 0.1) is 12.0 Å². The summed E-state index contributed by atoms with van der Waals surface area (Å²) in [6.45, 7) is 3.84. The van der Waals surface area contributed by atoms with E-state index in [9.17, 15) is 9.59 Å². The Balaban J connectivity index is 2.57. The van der Waals surface area contributed by atoms with Crippen molar-refractivity contribution in [1.29, 1.82) is 0 Å². The van der Waals surface area contributed by atoms with Crippen LogP contribution in [0.5, 0.6) is 0 Å². The number of nitrogens with zero attached hydrogens (tertiary/aromatic N) is 1. The molecule has 0 bridgehead atoms. The zero-order chi connectivity index (χ0) is 11.7. The molecular weight excluding hydrogens is 228 g/mol. The summed E-state index contributed by atoms with van der Waals surface area (Å²) in [6.07, 6.45) is 0. The van der Waals surface area contributed by atoms with Crippen molar-refractivity contribution in [1.82, 2.24) is 9.97 Å². The predicted octanol–water partition coefficient (Wildman–Crippen LogP) is 1.47. The fourth-order valence-corrected chi connectivity index (χ4v) is 2.23. The second-order valence-electron chi connectivity index (χ2n) is 3.21. The Morgan fingerprint density at radius 3 is 3.06 bits per heavy atom. The van der Waals surface area contributed by atoms with Crippen LogP contribution in [-0.2, 0) is 4.74 Å². The van der Waals surface area contributed by atoms with Gasteiger partial charge in [0.1, 0.15) is 4.83 Å². The lowest BCUT2D eigenvalue weighted by atomic mass is 10.4. The van der Waals surface area contributed by atoms with Gasteiger partial charge in [-0.15, -0.1) is 11.3 Å². The molecule has 0 aromatic carbocycles. The molecular formula is C10H10N2O3S. The summed E-state index contributed by atoms with van der Waals surface area (Å²) in [5.74, 6) is -0.645. The van der Waals surface area contributed by atoms with Crippen LogP contribution >= 0.6 is 11.3 Å². The number of thiophene rings is 1. The molecule has 0 unspecified atom stereocenters. The Kier molecular flexibility index (Phi) is 2.74. The van der Waals surface area contributed by atoms with Crippen LogP contribution in [0.2, 0.25) is 0 Å². The number of esters is 1. The van der Waals surface area contributed by atoms with E-state index in [0.717, 1.165) is 4.88 Å². The molecule has 0 fully saturated rings. The van der Waals surface area contributed by atoms with E-state index in [0.29, 0.717) is 10.2 Å². The van der Waals surface area contributed by atoms with E-state index in [1.165, 1.54) is 11.3 Å². The predicted molar refractivity (Wildman–Crippen MR) is 60.9 cm³/mol. The molecule has 0 atom stereocenters. The normalized spacial score (nSPS) is 10.6. The molecule has 0 saturated heterocycles. The summed E-state index contributed by atoms with van der Waals surface area (Å²) in [6, 6.07) is 1.75. The highest BCUT2D eigenvalue weighted by Gasteiger charge is 2.13. The lowest BCUT2D eigenvalue weighted by Gasteiger charge is -1.99. The third-order valence-corrected chi connectivity index (χ3v) is 2.94. The summed E-state index contributed by atoms with van der Waals surface area (Å²) in [5, 5.41) is 0.510. The lowest BCUT2D eigenvalue weighted by molar-refractivity contribution is 0.0512. The van der Waals surface area contributed by atoms with Gasteiger partial charge in [-0.2, -0.15) is 0 Å². The van der Waals surface area contributed by atoms with Gasteiger partial charge in [0.25, 0.3) is 5.56 Å². The largest absolute Gasteiger partial charge is 0.460 e. The van der Waals surface area contributed by atoms with E-state index < -0.39 is 5.97 Å². The molecule has 2 rings (SSSR count). The Labute approximate surface area is 95.1 Å². The Hall–Kier alpha value is -1.69. The smallest absolute Gasteiger partial charge is 0.374 e. The molecule has 2 heterocycles. The van der Waals surface area contributed by atoms with Crippen molar-refractivity contribution in [2.24, 2.45) is 0 Å². The number of hydrogen-bond donors (Lipinski definition) is 1. The van der Waals surface area contributed by atoms with Crippen molar-refractivity contribution in [2.45, 2.75) is 13.8 Å². The number of nitrogens with one attached hydrogen (secondary N) is 1. The number of rotatable bonds is 2. The molecule has 0 amide bonds. The van der Waals surface area contributed by atoms with E-state index >= 15 is 0 Å². The van der Waals surface area contributed by atoms with Gasteiger partial charge in [0.15, 0.2) is 0 Å². The maximum atomic E-state index is 11.6. The summed E-state index contributed by atoms with van der Waals surface area (Å²) in [7, 11) is 0. The molecule has 16 heavy (non-hydrogen) atoms. The number of hydrogen-bond acceptors (Lipinski definition) is 5. The standard InChI is InChI=1S/C10H10N2O3S/c1-3-15-10(14)7-11-8(13)6-4-5(2)16-9(6)12-7/h4H,3H2,1-2H3,(H,11,12,13). The highest BCUT2D eigenvalue weighted by molar-refractivity contribution is 7.18. The minimum Gasteiger partial charge on any atom is -0.460 e. The molecule has 0 aliphatic rings. The van der Waals surface area contributed by atoms with Gasteiger partial charge in [0, 0.05) is 4.88 Å². The first-order valence-electron chi connectivity index (χ1n) is 4.79. The molecule has 0 spiro atoms. The second kappa shape index (κ2) is 4.05. The van der Waals surface area contributed by atoms with Crippen LogP contribution < -0.4 is 5.56 Å². The SMILES string of the molecule is CCOC(=O)c1nc2sc(C)cc2c(=O)[nH]1. The number of carbonyl (C=O) groups is 1. The highest BCUT2D eigenvalue weighted by Crippen LogP contribution is 2.19. The van der Waals surface area contributed by atoms with Crippen molar-refractivity contribution in [3.8, 4) is 0 Å². The first-order valence-corrected chi connectivity index (χ1v) is 5.61. The van der Waals surface area contributed by atoms with Crippen LogP contribution in [0, 0.1) is 6.92 Å². The number of ether oxygens (including phenoxy) is 1. The molecule has 0 aliphatic heterocycles. The third-order valence-electron chi connectivity index (χ3n) is 1.99. The summed E-state index contributed by atoms with van der Waals surface area (Å²) in [5.41, 5.74) is -0.308. The van der Waals surface area contributed by atoms with E-state index in [-0.39, 0.29) is 18.0 Å². The maximum Gasteiger partial charge on any atom is 0.374 e. The highest BCUT2D eigenvalue weighted by atomic mass is 32.1. The number of aromatic nitrogens is 2. The zero-order valence-electron chi connectivity index (χ0n) is 8.86. The van der Waals surface area contributed by atoms with E-state index in [1.54, 1.807) is 13.0 Å². The van der Waals surface area contributed by atoms with Crippen LogP contribution in [-0.4, -0.2) is 22.5 Å². The van der Waals surface area contributed by atoms with Gasteiger partial charge < -0.3 is 9.72 Å². The Morgan fingerprint density at radius 1 is 1.62 bits per heavy atom. The van der Waals surface area contributed by atoms with Gasteiger partial charge in [-0.3, -0.25) is 4.79 Å². The minimum atomic E-state index is -0.604. The first kappa shape index (κ1) is 10.8. The van der Waals surface area contributed by atoms with Crippen molar-refractivity contribution in [2.75, 3.05) is 6.61 Å². The average Bonchev–Trinajstić information content (AvgIpc) is 2.59. The average molecular weight is 238 g/mol. The van der Waals surface area contributed by atoms with Crippen LogP contribution in [0.1, 0.15) is 22.4 Å². The van der Waals surface area contributed by atoms with Crippen molar-refractivity contribution in [3.63, 3.8) is 0 Å². The van der Waals surface area contributed by atoms with Gasteiger partial charge in [-0.1, -0.05) is 0 Å². The molecule has 2 aromatic rings. The zero-order valence-corrected chi connectivity index (χ0v) is 9.68. The van der Waals surface area contributed by atoms with Gasteiger partial charge in [-0.05, 0) is 19.9 Å². The number of aromatic amines is 1. The Bertz CT molecular complexity index is 600. The fraction of sp³-hybridized carbons (Fsp3) is 0.300. The second-order valence-corrected chi connectivity index (χ2v) is 4.45. The molecule has 6 heteroatoms. The lowest BCUT2D eigenvalue weighted by Crippen LogP contribution is -2.16. The molecule has 1 N–H and O–H groups in total. The molecule has 84 valence electrons. The summed E-state index contributed by atoms with van der Waals surface area (Å²) >= 11 is 1.38. The van der Waals surface area contributed by atoms with Gasteiger partial charge in [0.2, 0.25) is 5.82 Å². The molecule has 2 aromatic heterocycles. The van der Waals surface area contributed by atoms with E-state index in [4.69, 9.17) is 4.74 Å². The van der Waals surface area contributed by atoms with Crippen molar-refractivity contribution in [3.05, 3.63) is 27.1 Å². The third kappa shape index (κ3) is 1.83. The van der Waals surface area contributed by atoms with Crippen LogP contribution in [0.4, 0.5) is 0 Å². The van der Waals surface area contributed by atoms with Crippen LogP contribution in [0.25, 0.3) is 10.2 Å².